The summed E-state index contributed by atoms with van der Waals surface area (Å²) in [6, 6.07) is 0. The van der Waals surface area contributed by atoms with Crippen LogP contribution in [0.1, 0.15) is 6.92 Å². The van der Waals surface area contributed by atoms with E-state index in [0.717, 1.165) is 0 Å². The van der Waals surface area contributed by atoms with Crippen molar-refractivity contribution in [1.82, 2.24) is 0 Å². The average Bonchev–Trinajstić information content (AvgIpc) is 1.98. The molecule has 1 aliphatic rings. The molecule has 1 saturated heterocycles. The molecule has 0 aliphatic carbocycles. The summed E-state index contributed by atoms with van der Waals surface area (Å²) in [5, 5.41) is 26.4. The number of hydrogen-bond acceptors (Lipinski definition) is 4. The highest BCUT2D eigenvalue weighted by Gasteiger charge is 2.38. The molecule has 3 N–H and O–H groups in total. The van der Waals surface area contributed by atoms with Crippen LogP contribution in [-0.2, 0) is 4.74 Å². The number of ether oxygens (including phenoxy) is 1. The van der Waals surface area contributed by atoms with E-state index in [9.17, 15) is 0 Å². The Labute approximate surface area is 52.7 Å². The van der Waals surface area contributed by atoms with Gasteiger partial charge in [0.15, 0.2) is 6.29 Å². The summed E-state index contributed by atoms with van der Waals surface area (Å²) >= 11 is 0. The van der Waals surface area contributed by atoms with E-state index in [-0.39, 0.29) is 0 Å². The monoisotopic (exact) mass is 134 g/mol. The van der Waals surface area contributed by atoms with Crippen LogP contribution < -0.4 is 0 Å². The van der Waals surface area contributed by atoms with Crippen LogP contribution in [0, 0.1) is 0 Å². The van der Waals surface area contributed by atoms with Gasteiger partial charge in [-0.25, -0.2) is 0 Å². The standard InChI is InChI=1S/C5H10O4/c1-2-3(6)4(7)5(8)9-2/h2-8H,1H3/t2-,3-,4-,5+/m0/s1. The van der Waals surface area contributed by atoms with Crippen molar-refractivity contribution in [3.8, 4) is 0 Å². The summed E-state index contributed by atoms with van der Waals surface area (Å²) in [6.07, 6.45) is -3.81. The lowest BCUT2D eigenvalue weighted by Gasteiger charge is -2.07. The Hall–Kier alpha value is -0.160. The molecule has 0 spiro atoms. The van der Waals surface area contributed by atoms with Gasteiger partial charge in [-0.3, -0.25) is 0 Å². The Morgan fingerprint density at radius 1 is 1.11 bits per heavy atom. The molecule has 0 aromatic heterocycles. The van der Waals surface area contributed by atoms with E-state index < -0.39 is 24.6 Å². The molecule has 1 heterocycles. The van der Waals surface area contributed by atoms with Crippen molar-refractivity contribution in [2.75, 3.05) is 0 Å². The van der Waals surface area contributed by atoms with Gasteiger partial charge in [-0.2, -0.15) is 0 Å². The molecular weight excluding hydrogens is 124 g/mol. The van der Waals surface area contributed by atoms with Gasteiger partial charge in [-0.15, -0.1) is 0 Å². The van der Waals surface area contributed by atoms with Gasteiger partial charge in [-0.1, -0.05) is 0 Å². The number of rotatable bonds is 0. The summed E-state index contributed by atoms with van der Waals surface area (Å²) in [4.78, 5) is 0. The first-order valence-corrected chi connectivity index (χ1v) is 2.82. The quantitative estimate of drug-likeness (QED) is 0.375. The zero-order chi connectivity index (χ0) is 7.02. The molecule has 54 valence electrons. The van der Waals surface area contributed by atoms with Crippen LogP contribution >= 0.6 is 0 Å². The molecule has 0 aromatic rings. The van der Waals surface area contributed by atoms with E-state index in [1.807, 2.05) is 0 Å². The van der Waals surface area contributed by atoms with Crippen LogP contribution in [0.15, 0.2) is 0 Å². The van der Waals surface area contributed by atoms with Gasteiger partial charge in [0.2, 0.25) is 0 Å². The Balaban J connectivity index is 2.54. The van der Waals surface area contributed by atoms with E-state index in [1.165, 1.54) is 0 Å². The Morgan fingerprint density at radius 2 is 1.67 bits per heavy atom. The van der Waals surface area contributed by atoms with Crippen molar-refractivity contribution in [2.45, 2.75) is 31.5 Å². The van der Waals surface area contributed by atoms with Crippen LogP contribution in [0.3, 0.4) is 0 Å². The van der Waals surface area contributed by atoms with Crippen LogP contribution in [0.4, 0.5) is 0 Å². The second-order valence-corrected chi connectivity index (χ2v) is 2.21. The molecule has 0 unspecified atom stereocenters. The normalized spacial score (nSPS) is 52.0. The molecule has 4 nitrogen and oxygen atoms in total. The highest BCUT2D eigenvalue weighted by atomic mass is 16.6. The predicted molar refractivity (Wildman–Crippen MR) is 28.6 cm³/mol. The minimum atomic E-state index is -1.23. The van der Waals surface area contributed by atoms with Crippen LogP contribution in [0.2, 0.25) is 0 Å². The molecular formula is C5H10O4. The molecule has 1 rings (SSSR count). The van der Waals surface area contributed by atoms with E-state index in [2.05, 4.69) is 4.74 Å². The zero-order valence-corrected chi connectivity index (χ0v) is 5.06. The summed E-state index contributed by atoms with van der Waals surface area (Å²) in [5.74, 6) is 0. The second kappa shape index (κ2) is 2.22. The minimum Gasteiger partial charge on any atom is -0.388 e. The second-order valence-electron chi connectivity index (χ2n) is 2.21. The third-order valence-electron chi connectivity index (χ3n) is 1.48. The lowest BCUT2D eigenvalue weighted by atomic mass is 10.2. The van der Waals surface area contributed by atoms with E-state index in [1.54, 1.807) is 6.92 Å². The van der Waals surface area contributed by atoms with Gasteiger partial charge in [-0.05, 0) is 6.92 Å². The molecule has 0 saturated carbocycles. The first kappa shape index (κ1) is 6.95. The Bertz CT molecular complexity index is 93.1. The SMILES string of the molecule is C[C@@H]1O[C@@H](O)[C@@H](O)[C@H]1O. The Kier molecular flexibility index (Phi) is 1.72. The van der Waals surface area contributed by atoms with Crippen molar-refractivity contribution in [1.29, 1.82) is 0 Å². The molecule has 0 radical (unpaired) electrons. The fourth-order valence-corrected chi connectivity index (χ4v) is 0.827. The van der Waals surface area contributed by atoms with Crippen LogP contribution in [-0.4, -0.2) is 39.9 Å². The first-order chi connectivity index (χ1) is 4.13. The highest BCUT2D eigenvalue weighted by Crippen LogP contribution is 2.18. The summed E-state index contributed by atoms with van der Waals surface area (Å²) in [5.41, 5.74) is 0. The maximum atomic E-state index is 8.90. The van der Waals surface area contributed by atoms with Gasteiger partial charge in [0.05, 0.1) is 6.10 Å². The van der Waals surface area contributed by atoms with Crippen molar-refractivity contribution in [3.63, 3.8) is 0 Å². The van der Waals surface area contributed by atoms with E-state index in [4.69, 9.17) is 15.3 Å². The number of aliphatic hydroxyl groups is 3. The molecule has 4 atom stereocenters. The molecule has 0 bridgehead atoms. The fourth-order valence-electron chi connectivity index (χ4n) is 0.827. The van der Waals surface area contributed by atoms with Crippen molar-refractivity contribution in [3.05, 3.63) is 0 Å². The Morgan fingerprint density at radius 3 is 1.78 bits per heavy atom. The third-order valence-corrected chi connectivity index (χ3v) is 1.48. The molecule has 0 amide bonds. The molecule has 1 aliphatic heterocycles. The van der Waals surface area contributed by atoms with Gasteiger partial charge in [0, 0.05) is 0 Å². The minimum absolute atomic E-state index is 0.477. The van der Waals surface area contributed by atoms with Crippen molar-refractivity contribution < 1.29 is 20.1 Å². The summed E-state index contributed by atoms with van der Waals surface area (Å²) < 4.78 is 4.64. The maximum absolute atomic E-state index is 8.90. The third kappa shape index (κ3) is 1.07. The lowest BCUT2D eigenvalue weighted by molar-refractivity contribution is -0.124. The van der Waals surface area contributed by atoms with Gasteiger partial charge in [0.25, 0.3) is 0 Å². The smallest absolute Gasteiger partial charge is 0.183 e. The van der Waals surface area contributed by atoms with Crippen LogP contribution in [0.5, 0.6) is 0 Å². The summed E-state index contributed by atoms with van der Waals surface area (Å²) in [6.45, 7) is 1.59. The molecule has 4 heteroatoms. The first-order valence-electron chi connectivity index (χ1n) is 2.82. The van der Waals surface area contributed by atoms with E-state index in [0.29, 0.717) is 0 Å². The van der Waals surface area contributed by atoms with Crippen molar-refractivity contribution >= 4 is 0 Å². The molecule has 9 heavy (non-hydrogen) atoms. The molecule has 1 fully saturated rings. The van der Waals surface area contributed by atoms with Crippen molar-refractivity contribution in [2.24, 2.45) is 0 Å². The lowest BCUT2D eigenvalue weighted by Crippen LogP contribution is -2.31. The van der Waals surface area contributed by atoms with Crippen LogP contribution in [0.25, 0.3) is 0 Å². The maximum Gasteiger partial charge on any atom is 0.183 e. The number of aliphatic hydroxyl groups excluding tert-OH is 3. The van der Waals surface area contributed by atoms with Gasteiger partial charge < -0.3 is 20.1 Å². The number of hydrogen-bond donors (Lipinski definition) is 3. The summed E-state index contributed by atoms with van der Waals surface area (Å²) in [7, 11) is 0. The topological polar surface area (TPSA) is 69.9 Å². The predicted octanol–water partition coefficient (Wildman–Crippen LogP) is -1.55. The highest BCUT2D eigenvalue weighted by molar-refractivity contribution is 4.82. The van der Waals surface area contributed by atoms with Gasteiger partial charge in [0.1, 0.15) is 12.2 Å². The average molecular weight is 134 g/mol. The van der Waals surface area contributed by atoms with Gasteiger partial charge >= 0.3 is 0 Å². The largest absolute Gasteiger partial charge is 0.388 e. The molecule has 0 aromatic carbocycles. The zero-order valence-electron chi connectivity index (χ0n) is 5.06. The fraction of sp³-hybridized carbons (Fsp3) is 1.00. The van der Waals surface area contributed by atoms with E-state index >= 15 is 0 Å².